The fourth-order valence-electron chi connectivity index (χ4n) is 3.14. The van der Waals surface area contributed by atoms with E-state index in [1.807, 2.05) is 12.1 Å². The molecule has 0 saturated heterocycles. The van der Waals surface area contributed by atoms with Gasteiger partial charge in [-0.2, -0.15) is 16.8 Å². The minimum atomic E-state index is -5.06. The molecular weight excluding hydrogens is 510 g/mol. The van der Waals surface area contributed by atoms with E-state index < -0.39 is 20.8 Å². The van der Waals surface area contributed by atoms with Crippen LogP contribution in [0.4, 0.5) is 0 Å². The van der Waals surface area contributed by atoms with E-state index in [4.69, 9.17) is 4.55 Å². The molecule has 7 nitrogen and oxygen atoms in total. The van der Waals surface area contributed by atoms with Crippen molar-refractivity contribution in [1.82, 2.24) is 0 Å². The van der Waals surface area contributed by atoms with E-state index in [9.17, 15) is 16.8 Å². The summed E-state index contributed by atoms with van der Waals surface area (Å²) in [6.45, 7) is 2.03. The maximum atomic E-state index is 10.9. The maximum absolute atomic E-state index is 10.9. The van der Waals surface area contributed by atoms with Crippen LogP contribution in [0.2, 0.25) is 0 Å². The molecule has 190 valence electrons. The zero-order valence-electron chi connectivity index (χ0n) is 19.3. The number of unbranched alkanes of at least 4 members (excludes halogenated alkanes) is 9. The minimum absolute atomic E-state index is 0. The first kappa shape index (κ1) is 37.4. The number of benzene rings is 2. The van der Waals surface area contributed by atoms with Crippen molar-refractivity contribution in [3.05, 3.63) is 60.7 Å². The predicted molar refractivity (Wildman–Crippen MR) is 146 cm³/mol. The third kappa shape index (κ3) is 22.0. The summed E-state index contributed by atoms with van der Waals surface area (Å²) >= 11 is 0. The first-order valence-electron chi connectivity index (χ1n) is 11.4. The largest absolute Gasteiger partial charge is 0.0622 e. The van der Waals surface area contributed by atoms with Crippen LogP contribution in [0.1, 0.15) is 71.1 Å². The van der Waals surface area contributed by atoms with Gasteiger partial charge in [-0.3, -0.25) is 4.55 Å². The smallest absolute Gasteiger partial charge is 0.0184 e. The van der Waals surface area contributed by atoms with Crippen molar-refractivity contribution < 1.29 is 29.2 Å². The fraction of sp³-hybridized carbons (Fsp3) is 0.500. The molecule has 0 bridgehead atoms. The maximum Gasteiger partial charge on any atom is -0.0184 e. The molecule has 1 N–H and O–H groups in total. The van der Waals surface area contributed by atoms with Crippen molar-refractivity contribution in [2.75, 3.05) is 6.61 Å². The van der Waals surface area contributed by atoms with Crippen molar-refractivity contribution in [1.29, 1.82) is 0 Å². The molecule has 0 amide bonds. The van der Waals surface area contributed by atoms with Crippen molar-refractivity contribution in [2.45, 2.75) is 71.1 Å². The molecule has 2 aromatic rings. The summed E-state index contributed by atoms with van der Waals surface area (Å²) in [6, 6.07) is 20.8. The summed E-state index contributed by atoms with van der Waals surface area (Å²) in [5.41, 5.74) is 2.55. The Morgan fingerprint density at radius 2 is 1.00 bits per heavy atom. The third-order valence-corrected chi connectivity index (χ3v) is 6.59. The van der Waals surface area contributed by atoms with E-state index in [-0.39, 0.29) is 65.7 Å². The summed E-state index contributed by atoms with van der Waals surface area (Å²) in [4.78, 5) is 0. The van der Waals surface area contributed by atoms with Gasteiger partial charge in [0.15, 0.2) is 0 Å². The van der Waals surface area contributed by atoms with Gasteiger partial charge in [-0.05, 0) is 17.5 Å². The molecule has 2 aromatic carbocycles. The minimum Gasteiger partial charge on any atom is -0.0622 e. The first-order chi connectivity index (χ1) is 15.7. The van der Waals surface area contributed by atoms with E-state index in [1.165, 1.54) is 49.7 Å². The molecule has 0 atom stereocenters. The van der Waals surface area contributed by atoms with E-state index in [0.29, 0.717) is 6.42 Å². The van der Waals surface area contributed by atoms with Gasteiger partial charge in [0.2, 0.25) is 0 Å². The predicted octanol–water partition coefficient (Wildman–Crippen LogP) is 5.04. The van der Waals surface area contributed by atoms with Gasteiger partial charge in [-0.15, -0.1) is 3.63 Å². The second-order valence-electron chi connectivity index (χ2n) is 7.64. The van der Waals surface area contributed by atoms with Gasteiger partial charge in [0.05, 0.1) is 6.61 Å². The van der Waals surface area contributed by atoms with Crippen LogP contribution in [0.15, 0.2) is 60.7 Å². The standard InChI is InChI=1S/C12H26O7S2.C12H10.2Na.2H/c1-2-3-4-5-6-7-8-9-10-11-12-18-21(16,17)19-20(13,14)15;1-3-7-11(8-4-1)12-9-5-2-6-10-12;;;;/h2-12H2,1H3,(H,13,14,15);1-10H;;;;. The Morgan fingerprint density at radius 3 is 1.37 bits per heavy atom. The van der Waals surface area contributed by atoms with Crippen LogP contribution in [-0.2, 0) is 28.6 Å². The van der Waals surface area contributed by atoms with Crippen LogP contribution < -0.4 is 0 Å². The van der Waals surface area contributed by atoms with E-state index in [1.54, 1.807) is 0 Å². The Kier molecular flexibility index (Phi) is 23.7. The molecule has 0 unspecified atom stereocenters. The molecule has 0 aliphatic heterocycles. The van der Waals surface area contributed by atoms with Crippen LogP contribution in [-0.4, -0.2) is 87.1 Å². The van der Waals surface area contributed by atoms with E-state index >= 15 is 0 Å². The summed E-state index contributed by atoms with van der Waals surface area (Å²) < 4.78 is 58.2. The molecule has 0 aliphatic rings. The van der Waals surface area contributed by atoms with Gasteiger partial charge in [-0.1, -0.05) is 125 Å². The number of hydrogen-bond acceptors (Lipinski definition) is 6. The van der Waals surface area contributed by atoms with Gasteiger partial charge in [0, 0.05) is 0 Å². The molecule has 0 fully saturated rings. The molecule has 0 heterocycles. The number of rotatable bonds is 15. The molecule has 35 heavy (non-hydrogen) atoms. The van der Waals surface area contributed by atoms with Crippen LogP contribution in [0.5, 0.6) is 0 Å². The zero-order chi connectivity index (χ0) is 24.4. The Balaban J connectivity index is 0. The average Bonchev–Trinajstić information content (AvgIpc) is 2.77. The molecule has 11 heteroatoms. The topological polar surface area (TPSA) is 107 Å². The molecule has 0 spiro atoms. The van der Waals surface area contributed by atoms with Crippen LogP contribution >= 0.6 is 0 Å². The van der Waals surface area contributed by atoms with Crippen LogP contribution in [0, 0.1) is 0 Å². The molecule has 0 saturated carbocycles. The van der Waals surface area contributed by atoms with Crippen LogP contribution in [0.25, 0.3) is 11.1 Å². The average molecular weight is 549 g/mol. The second-order valence-corrected chi connectivity index (χ2v) is 10.1. The van der Waals surface area contributed by atoms with Gasteiger partial charge in [0.1, 0.15) is 0 Å². The van der Waals surface area contributed by atoms with Gasteiger partial charge in [-0.25, -0.2) is 4.18 Å². The molecule has 0 aliphatic carbocycles. The fourth-order valence-corrected chi connectivity index (χ4v) is 4.46. The Labute approximate surface area is 256 Å². The van der Waals surface area contributed by atoms with E-state index in [0.717, 1.165) is 19.3 Å². The second kappa shape index (κ2) is 22.2. The molecular formula is C24H38Na2O7S2. The summed E-state index contributed by atoms with van der Waals surface area (Å²) in [7, 11) is -9.75. The Hall–Kier alpha value is 0.220. The van der Waals surface area contributed by atoms with Crippen molar-refractivity contribution in [3.8, 4) is 11.1 Å². The van der Waals surface area contributed by atoms with Crippen molar-refractivity contribution in [3.63, 3.8) is 0 Å². The van der Waals surface area contributed by atoms with Crippen molar-refractivity contribution >= 4 is 79.9 Å². The summed E-state index contributed by atoms with van der Waals surface area (Å²) in [5.74, 6) is 0. The van der Waals surface area contributed by atoms with Gasteiger partial charge in [0.25, 0.3) is 0 Å². The SMILES string of the molecule is CCCCCCCCCCCCOS(=O)(=O)OS(=O)(=O)O.[NaH].[NaH].c1ccc(-c2ccccc2)cc1. The zero-order valence-corrected chi connectivity index (χ0v) is 20.9. The molecule has 0 radical (unpaired) electrons. The van der Waals surface area contributed by atoms with E-state index in [2.05, 4.69) is 63.3 Å². The molecule has 2 rings (SSSR count). The first-order valence-corrected chi connectivity index (χ1v) is 14.1. The molecule has 0 aromatic heterocycles. The monoisotopic (exact) mass is 548 g/mol. The van der Waals surface area contributed by atoms with Crippen LogP contribution in [0.3, 0.4) is 0 Å². The summed E-state index contributed by atoms with van der Waals surface area (Å²) in [6.07, 6.45) is 10.9. The third-order valence-electron chi connectivity index (χ3n) is 4.78. The Morgan fingerprint density at radius 1 is 0.629 bits per heavy atom. The quantitative estimate of drug-likeness (QED) is 0.189. The van der Waals surface area contributed by atoms with Crippen molar-refractivity contribution in [2.24, 2.45) is 0 Å². The normalized spacial score (nSPS) is 10.9. The Bertz CT molecular complexity index is 918. The van der Waals surface area contributed by atoms with Gasteiger partial charge < -0.3 is 0 Å². The summed E-state index contributed by atoms with van der Waals surface area (Å²) in [5, 5.41) is 0. The number of hydrogen-bond donors (Lipinski definition) is 1. The van der Waals surface area contributed by atoms with Gasteiger partial charge >= 0.3 is 79.9 Å².